The molecule has 3 N–H and O–H groups in total. The minimum atomic E-state index is -0.603. The first-order valence-electron chi connectivity index (χ1n) is 4.35. The lowest BCUT2D eigenvalue weighted by Gasteiger charge is -2.37. The summed E-state index contributed by atoms with van der Waals surface area (Å²) in [6.07, 6.45) is 1.93. The normalized spacial score (nSPS) is 34.1. The predicted molar refractivity (Wildman–Crippen MR) is 45.4 cm³/mol. The summed E-state index contributed by atoms with van der Waals surface area (Å²) in [6.45, 7) is 5.38. The highest BCUT2D eigenvalue weighted by molar-refractivity contribution is 4.87. The highest BCUT2D eigenvalue weighted by Gasteiger charge is 2.30. The number of likely N-dealkylation sites (tertiary alicyclic amines) is 1. The molecule has 11 heavy (non-hydrogen) atoms. The van der Waals surface area contributed by atoms with Crippen LogP contribution in [0.15, 0.2) is 0 Å². The standard InChI is InChI=1S/C8H18N2O/c1-2-10-5-3-4-8(11,6-9)7-10/h11H,2-7,9H2,1H3. The van der Waals surface area contributed by atoms with E-state index in [1.54, 1.807) is 0 Å². The molecule has 0 saturated carbocycles. The van der Waals surface area contributed by atoms with Crippen LogP contribution in [-0.4, -0.2) is 41.8 Å². The van der Waals surface area contributed by atoms with E-state index < -0.39 is 5.60 Å². The van der Waals surface area contributed by atoms with Crippen LogP contribution < -0.4 is 5.73 Å². The van der Waals surface area contributed by atoms with Crippen molar-refractivity contribution in [3.8, 4) is 0 Å². The number of hydrogen-bond acceptors (Lipinski definition) is 3. The number of nitrogens with two attached hydrogens (primary N) is 1. The fourth-order valence-corrected chi connectivity index (χ4v) is 1.64. The van der Waals surface area contributed by atoms with Crippen LogP contribution in [0.5, 0.6) is 0 Å². The smallest absolute Gasteiger partial charge is 0.0895 e. The van der Waals surface area contributed by atoms with Gasteiger partial charge in [0.25, 0.3) is 0 Å². The second kappa shape index (κ2) is 3.52. The van der Waals surface area contributed by atoms with Gasteiger partial charge in [0.15, 0.2) is 0 Å². The Bertz CT molecular complexity index is 129. The molecule has 1 atom stereocenters. The quantitative estimate of drug-likeness (QED) is 0.585. The van der Waals surface area contributed by atoms with Crippen molar-refractivity contribution in [3.05, 3.63) is 0 Å². The minimum Gasteiger partial charge on any atom is -0.387 e. The summed E-state index contributed by atoms with van der Waals surface area (Å²) >= 11 is 0. The van der Waals surface area contributed by atoms with Crippen molar-refractivity contribution in [3.63, 3.8) is 0 Å². The lowest BCUT2D eigenvalue weighted by atomic mass is 9.93. The van der Waals surface area contributed by atoms with Crippen molar-refractivity contribution in [2.45, 2.75) is 25.4 Å². The monoisotopic (exact) mass is 158 g/mol. The van der Waals surface area contributed by atoms with Crippen molar-refractivity contribution in [1.82, 2.24) is 4.90 Å². The molecule has 0 aliphatic carbocycles. The van der Waals surface area contributed by atoms with Crippen LogP contribution in [0.3, 0.4) is 0 Å². The van der Waals surface area contributed by atoms with E-state index in [9.17, 15) is 5.11 Å². The van der Waals surface area contributed by atoms with Crippen LogP contribution in [0.4, 0.5) is 0 Å². The molecule has 3 nitrogen and oxygen atoms in total. The molecular weight excluding hydrogens is 140 g/mol. The van der Waals surface area contributed by atoms with Crippen molar-refractivity contribution in [2.75, 3.05) is 26.2 Å². The van der Waals surface area contributed by atoms with E-state index in [0.717, 1.165) is 32.5 Å². The average Bonchev–Trinajstić information content (AvgIpc) is 2.05. The molecule has 3 heteroatoms. The van der Waals surface area contributed by atoms with Gasteiger partial charge in [0.05, 0.1) is 5.60 Å². The van der Waals surface area contributed by atoms with E-state index in [1.807, 2.05) is 0 Å². The summed E-state index contributed by atoms with van der Waals surface area (Å²) < 4.78 is 0. The molecule has 0 aromatic carbocycles. The fraction of sp³-hybridized carbons (Fsp3) is 1.00. The third-order valence-electron chi connectivity index (χ3n) is 2.46. The van der Waals surface area contributed by atoms with Gasteiger partial charge in [0.2, 0.25) is 0 Å². The van der Waals surface area contributed by atoms with E-state index in [1.165, 1.54) is 0 Å². The van der Waals surface area contributed by atoms with Gasteiger partial charge in [0.1, 0.15) is 0 Å². The van der Waals surface area contributed by atoms with Gasteiger partial charge in [-0.15, -0.1) is 0 Å². The number of nitrogens with zero attached hydrogens (tertiary/aromatic N) is 1. The first-order valence-corrected chi connectivity index (χ1v) is 4.35. The van der Waals surface area contributed by atoms with Crippen LogP contribution in [0.25, 0.3) is 0 Å². The maximum absolute atomic E-state index is 9.81. The lowest BCUT2D eigenvalue weighted by molar-refractivity contribution is -0.0215. The van der Waals surface area contributed by atoms with Gasteiger partial charge < -0.3 is 15.7 Å². The Morgan fingerprint density at radius 1 is 1.64 bits per heavy atom. The van der Waals surface area contributed by atoms with Crippen molar-refractivity contribution < 1.29 is 5.11 Å². The topological polar surface area (TPSA) is 49.5 Å². The van der Waals surface area contributed by atoms with E-state index in [-0.39, 0.29) is 0 Å². The first kappa shape index (κ1) is 8.97. The highest BCUT2D eigenvalue weighted by atomic mass is 16.3. The third-order valence-corrected chi connectivity index (χ3v) is 2.46. The molecule has 1 aliphatic rings. The van der Waals surface area contributed by atoms with Crippen LogP contribution in [0.2, 0.25) is 0 Å². The molecule has 1 saturated heterocycles. The SMILES string of the molecule is CCN1CCCC(O)(CN)C1. The molecule has 0 amide bonds. The maximum atomic E-state index is 9.81. The van der Waals surface area contributed by atoms with Crippen molar-refractivity contribution >= 4 is 0 Å². The molecule has 1 fully saturated rings. The molecule has 1 heterocycles. The second-order valence-electron chi connectivity index (χ2n) is 3.40. The van der Waals surface area contributed by atoms with Crippen LogP contribution in [0, 0.1) is 0 Å². The van der Waals surface area contributed by atoms with Gasteiger partial charge in [-0.25, -0.2) is 0 Å². The maximum Gasteiger partial charge on any atom is 0.0895 e. The fourth-order valence-electron chi connectivity index (χ4n) is 1.64. The molecule has 0 aromatic rings. The van der Waals surface area contributed by atoms with E-state index in [2.05, 4.69) is 11.8 Å². The van der Waals surface area contributed by atoms with Crippen LogP contribution in [-0.2, 0) is 0 Å². The summed E-state index contributed by atoms with van der Waals surface area (Å²) in [4.78, 5) is 2.25. The summed E-state index contributed by atoms with van der Waals surface area (Å²) in [5.41, 5.74) is 4.87. The van der Waals surface area contributed by atoms with Crippen LogP contribution >= 0.6 is 0 Å². The van der Waals surface area contributed by atoms with E-state index in [0.29, 0.717) is 6.54 Å². The Morgan fingerprint density at radius 3 is 2.91 bits per heavy atom. The molecule has 0 bridgehead atoms. The summed E-state index contributed by atoms with van der Waals surface area (Å²) in [6, 6.07) is 0. The van der Waals surface area contributed by atoms with Gasteiger partial charge in [-0.2, -0.15) is 0 Å². The summed E-state index contributed by atoms with van der Waals surface area (Å²) in [5.74, 6) is 0. The van der Waals surface area contributed by atoms with Crippen molar-refractivity contribution in [1.29, 1.82) is 0 Å². The highest BCUT2D eigenvalue weighted by Crippen LogP contribution is 2.19. The Hall–Kier alpha value is -0.120. The zero-order valence-electron chi connectivity index (χ0n) is 7.21. The largest absolute Gasteiger partial charge is 0.387 e. The molecule has 66 valence electrons. The molecule has 0 radical (unpaired) electrons. The molecular formula is C8H18N2O. The Labute approximate surface area is 68.2 Å². The van der Waals surface area contributed by atoms with Gasteiger partial charge in [-0.05, 0) is 25.9 Å². The number of aliphatic hydroxyl groups is 1. The van der Waals surface area contributed by atoms with Crippen LogP contribution in [0.1, 0.15) is 19.8 Å². The average molecular weight is 158 g/mol. The Morgan fingerprint density at radius 2 is 2.36 bits per heavy atom. The first-order chi connectivity index (χ1) is 5.20. The third kappa shape index (κ3) is 2.15. The molecule has 1 unspecified atom stereocenters. The Balaban J connectivity index is 2.44. The predicted octanol–water partition coefficient (Wildman–Crippen LogP) is -0.208. The number of hydrogen-bond donors (Lipinski definition) is 2. The molecule has 1 rings (SSSR count). The molecule has 0 spiro atoms. The second-order valence-corrected chi connectivity index (χ2v) is 3.40. The number of likely N-dealkylation sites (N-methyl/N-ethyl adjacent to an activating group) is 1. The zero-order valence-corrected chi connectivity index (χ0v) is 7.21. The lowest BCUT2D eigenvalue weighted by Crippen LogP contribution is -2.52. The van der Waals surface area contributed by atoms with Crippen molar-refractivity contribution in [2.24, 2.45) is 5.73 Å². The zero-order chi connectivity index (χ0) is 8.32. The van der Waals surface area contributed by atoms with E-state index >= 15 is 0 Å². The molecule has 0 aromatic heterocycles. The summed E-state index contributed by atoms with van der Waals surface area (Å²) in [5, 5.41) is 9.81. The number of piperidine rings is 1. The van der Waals surface area contributed by atoms with Gasteiger partial charge in [-0.1, -0.05) is 6.92 Å². The Kier molecular flexibility index (Phi) is 2.87. The van der Waals surface area contributed by atoms with Gasteiger partial charge in [0, 0.05) is 13.1 Å². The van der Waals surface area contributed by atoms with E-state index in [4.69, 9.17) is 5.73 Å². The van der Waals surface area contributed by atoms with Gasteiger partial charge >= 0.3 is 0 Å². The minimum absolute atomic E-state index is 0.392. The summed E-state index contributed by atoms with van der Waals surface area (Å²) in [7, 11) is 0. The van der Waals surface area contributed by atoms with Gasteiger partial charge in [-0.3, -0.25) is 0 Å². The number of rotatable bonds is 2. The molecule has 1 aliphatic heterocycles. The number of β-amino-alcohol motifs (C(OH)–C–C–N with tert-alkyl or cyclic N) is 1.